The van der Waals surface area contributed by atoms with Gasteiger partial charge in [-0.3, -0.25) is 4.79 Å². The molecule has 2 heterocycles. The number of nitrogens with one attached hydrogen (secondary N) is 1. The Labute approximate surface area is 158 Å². The largest absolute Gasteiger partial charge is 0.322 e. The average molecular weight is 371 g/mol. The van der Waals surface area contributed by atoms with Crippen LogP contribution in [0.5, 0.6) is 0 Å². The van der Waals surface area contributed by atoms with E-state index in [9.17, 15) is 4.79 Å². The third-order valence-electron chi connectivity index (χ3n) is 4.42. The summed E-state index contributed by atoms with van der Waals surface area (Å²) >= 11 is 6.07. The lowest BCUT2D eigenvalue weighted by Gasteiger charge is -2.11. The number of unbranched alkanes of at least 4 members (excludes halogenated alkanes) is 1. The second-order valence-corrected chi connectivity index (χ2v) is 7.02. The molecule has 0 fully saturated rings. The maximum Gasteiger partial charge on any atom is 0.256 e. The number of amides is 1. The fraction of sp³-hybridized carbons (Fsp3) is 0.350. The van der Waals surface area contributed by atoms with E-state index in [1.165, 1.54) is 0 Å². The van der Waals surface area contributed by atoms with Gasteiger partial charge in [-0.2, -0.15) is 5.10 Å². The van der Waals surface area contributed by atoms with Gasteiger partial charge in [0, 0.05) is 22.9 Å². The van der Waals surface area contributed by atoms with Gasteiger partial charge in [-0.15, -0.1) is 0 Å². The Morgan fingerprint density at radius 1 is 1.23 bits per heavy atom. The summed E-state index contributed by atoms with van der Waals surface area (Å²) in [5.41, 5.74) is 4.64. The molecule has 1 amide bonds. The fourth-order valence-corrected chi connectivity index (χ4v) is 3.21. The zero-order valence-electron chi connectivity index (χ0n) is 15.6. The second-order valence-electron chi connectivity index (χ2n) is 6.59. The van der Waals surface area contributed by atoms with Crippen LogP contribution in [0.1, 0.15) is 47.1 Å². The summed E-state index contributed by atoms with van der Waals surface area (Å²) in [6.45, 7) is 8.69. The topological polar surface area (TPSA) is 59.8 Å². The molecule has 3 rings (SSSR count). The molecular weight excluding hydrogens is 348 g/mol. The van der Waals surface area contributed by atoms with E-state index in [1.807, 2.05) is 43.7 Å². The van der Waals surface area contributed by atoms with Crippen LogP contribution in [-0.2, 0) is 6.54 Å². The summed E-state index contributed by atoms with van der Waals surface area (Å²) in [5.74, 6) is -0.177. The number of carbonyl (C=O) groups is 1. The molecule has 26 heavy (non-hydrogen) atoms. The van der Waals surface area contributed by atoms with Gasteiger partial charge < -0.3 is 5.32 Å². The number of hydrogen-bond donors (Lipinski definition) is 1. The summed E-state index contributed by atoms with van der Waals surface area (Å²) in [7, 11) is 0. The fourth-order valence-electron chi connectivity index (χ4n) is 3.04. The van der Waals surface area contributed by atoms with Crippen LogP contribution in [0, 0.1) is 20.8 Å². The van der Waals surface area contributed by atoms with E-state index in [2.05, 4.69) is 22.3 Å². The summed E-state index contributed by atoms with van der Waals surface area (Å²) < 4.78 is 1.91. The number of aromatic nitrogens is 3. The molecule has 6 heteroatoms. The standard InChI is InChI=1S/C20H23ClN4O/c1-5-6-9-25-19-18(14(4)24-25)16(10-13(3)22-19)20(26)23-17-11-15(21)8-7-12(17)2/h7-8,10-11H,5-6,9H2,1-4H3,(H,23,26). The number of halogens is 1. The highest BCUT2D eigenvalue weighted by Crippen LogP contribution is 2.25. The van der Waals surface area contributed by atoms with Crippen molar-refractivity contribution in [1.82, 2.24) is 14.8 Å². The summed E-state index contributed by atoms with van der Waals surface area (Å²) in [6, 6.07) is 7.27. The van der Waals surface area contributed by atoms with Crippen LogP contribution >= 0.6 is 11.6 Å². The van der Waals surface area contributed by atoms with Crippen molar-refractivity contribution in [3.63, 3.8) is 0 Å². The normalized spacial score (nSPS) is 11.1. The van der Waals surface area contributed by atoms with Gasteiger partial charge >= 0.3 is 0 Å². The molecule has 0 aliphatic carbocycles. The van der Waals surface area contributed by atoms with Crippen LogP contribution in [0.15, 0.2) is 24.3 Å². The van der Waals surface area contributed by atoms with Gasteiger partial charge in [0.25, 0.3) is 5.91 Å². The van der Waals surface area contributed by atoms with Gasteiger partial charge in [0.1, 0.15) is 0 Å². The van der Waals surface area contributed by atoms with E-state index in [1.54, 1.807) is 6.07 Å². The Balaban J connectivity index is 2.05. The van der Waals surface area contributed by atoms with Crippen molar-refractivity contribution >= 4 is 34.2 Å². The van der Waals surface area contributed by atoms with Crippen LogP contribution in [0.3, 0.4) is 0 Å². The monoisotopic (exact) mass is 370 g/mol. The Bertz CT molecular complexity index is 978. The Morgan fingerprint density at radius 3 is 2.73 bits per heavy atom. The number of carbonyl (C=O) groups excluding carboxylic acids is 1. The zero-order chi connectivity index (χ0) is 18.8. The Morgan fingerprint density at radius 2 is 2.00 bits per heavy atom. The SMILES string of the molecule is CCCCn1nc(C)c2c(C(=O)Nc3cc(Cl)ccc3C)cc(C)nc21. The number of fused-ring (bicyclic) bond motifs is 1. The number of pyridine rings is 1. The van der Waals surface area contributed by atoms with Gasteiger partial charge in [0.2, 0.25) is 0 Å². The quantitative estimate of drug-likeness (QED) is 0.682. The predicted octanol–water partition coefficient (Wildman–Crippen LogP) is 5.06. The first-order valence-corrected chi connectivity index (χ1v) is 9.20. The Hall–Kier alpha value is -2.40. The second kappa shape index (κ2) is 7.46. The van der Waals surface area contributed by atoms with E-state index in [4.69, 9.17) is 11.6 Å². The highest BCUT2D eigenvalue weighted by atomic mass is 35.5. The van der Waals surface area contributed by atoms with Crippen molar-refractivity contribution in [1.29, 1.82) is 0 Å². The molecule has 0 unspecified atom stereocenters. The number of rotatable bonds is 5. The molecule has 2 aromatic heterocycles. The van der Waals surface area contributed by atoms with Gasteiger partial charge in [-0.25, -0.2) is 9.67 Å². The predicted molar refractivity (Wildman–Crippen MR) is 106 cm³/mol. The number of nitrogens with zero attached hydrogens (tertiary/aromatic N) is 3. The number of aryl methyl sites for hydroxylation is 4. The lowest BCUT2D eigenvalue weighted by atomic mass is 10.1. The minimum atomic E-state index is -0.177. The highest BCUT2D eigenvalue weighted by Gasteiger charge is 2.19. The van der Waals surface area contributed by atoms with E-state index in [-0.39, 0.29) is 5.91 Å². The first-order valence-electron chi connectivity index (χ1n) is 8.83. The van der Waals surface area contributed by atoms with Crippen molar-refractivity contribution < 1.29 is 4.79 Å². The average Bonchev–Trinajstić information content (AvgIpc) is 2.91. The summed E-state index contributed by atoms with van der Waals surface area (Å²) in [6.07, 6.45) is 2.10. The van der Waals surface area contributed by atoms with Gasteiger partial charge in [0.15, 0.2) is 5.65 Å². The smallest absolute Gasteiger partial charge is 0.256 e. The zero-order valence-corrected chi connectivity index (χ0v) is 16.3. The van der Waals surface area contributed by atoms with Crippen molar-refractivity contribution in [3.05, 3.63) is 51.8 Å². The lowest BCUT2D eigenvalue weighted by molar-refractivity contribution is 0.102. The van der Waals surface area contributed by atoms with Crippen LogP contribution in [-0.4, -0.2) is 20.7 Å². The third-order valence-corrected chi connectivity index (χ3v) is 4.66. The lowest BCUT2D eigenvalue weighted by Crippen LogP contribution is -2.14. The van der Waals surface area contributed by atoms with Crippen LogP contribution in [0.25, 0.3) is 11.0 Å². The van der Waals surface area contributed by atoms with Crippen molar-refractivity contribution in [3.8, 4) is 0 Å². The van der Waals surface area contributed by atoms with Crippen LogP contribution < -0.4 is 5.32 Å². The first-order chi connectivity index (χ1) is 12.4. The molecule has 3 aromatic rings. The van der Waals surface area contributed by atoms with E-state index >= 15 is 0 Å². The molecule has 0 bridgehead atoms. The maximum absolute atomic E-state index is 13.0. The molecule has 136 valence electrons. The van der Waals surface area contributed by atoms with Crippen molar-refractivity contribution in [2.45, 2.75) is 47.1 Å². The number of benzene rings is 1. The van der Waals surface area contributed by atoms with E-state index in [0.29, 0.717) is 16.3 Å². The molecule has 1 N–H and O–H groups in total. The van der Waals surface area contributed by atoms with Crippen molar-refractivity contribution in [2.24, 2.45) is 0 Å². The molecule has 0 atom stereocenters. The minimum Gasteiger partial charge on any atom is -0.322 e. The molecule has 0 saturated carbocycles. The molecule has 0 spiro atoms. The molecule has 5 nitrogen and oxygen atoms in total. The summed E-state index contributed by atoms with van der Waals surface area (Å²) in [5, 5.41) is 8.98. The van der Waals surface area contributed by atoms with Gasteiger partial charge in [-0.05, 0) is 51.0 Å². The molecule has 0 aliphatic rings. The number of anilines is 1. The molecule has 1 aromatic carbocycles. The highest BCUT2D eigenvalue weighted by molar-refractivity contribution is 6.31. The molecular formula is C20H23ClN4O. The Kier molecular flexibility index (Phi) is 5.28. The maximum atomic E-state index is 13.0. The summed E-state index contributed by atoms with van der Waals surface area (Å²) in [4.78, 5) is 17.6. The molecule has 0 radical (unpaired) electrons. The van der Waals surface area contributed by atoms with Gasteiger partial charge in [-0.1, -0.05) is 31.0 Å². The molecule has 0 saturated heterocycles. The van der Waals surface area contributed by atoms with E-state index < -0.39 is 0 Å². The van der Waals surface area contributed by atoms with Crippen molar-refractivity contribution in [2.75, 3.05) is 5.32 Å². The van der Waals surface area contributed by atoms with Crippen LogP contribution in [0.2, 0.25) is 5.02 Å². The van der Waals surface area contributed by atoms with Crippen LogP contribution in [0.4, 0.5) is 5.69 Å². The first kappa shape index (κ1) is 18.4. The third kappa shape index (κ3) is 3.58. The van der Waals surface area contributed by atoms with E-state index in [0.717, 1.165) is 47.4 Å². The number of hydrogen-bond acceptors (Lipinski definition) is 3. The minimum absolute atomic E-state index is 0.177. The van der Waals surface area contributed by atoms with Gasteiger partial charge in [0.05, 0.1) is 16.6 Å². The molecule has 0 aliphatic heterocycles.